The molecule has 0 aromatic heterocycles. The van der Waals surface area contributed by atoms with Crippen LogP contribution in [0.3, 0.4) is 0 Å². The minimum atomic E-state index is -4.09. The molecule has 0 heterocycles. The summed E-state index contributed by atoms with van der Waals surface area (Å²) in [5, 5.41) is 0. The maximum absolute atomic E-state index is 12.0. The van der Waals surface area contributed by atoms with Crippen LogP contribution in [0, 0.1) is 5.92 Å². The van der Waals surface area contributed by atoms with Gasteiger partial charge in [-0.3, -0.25) is 0 Å². The molecule has 0 saturated carbocycles. The third-order valence-corrected chi connectivity index (χ3v) is 1.82. The van der Waals surface area contributed by atoms with Crippen LogP contribution in [-0.2, 0) is 0 Å². The van der Waals surface area contributed by atoms with E-state index in [0.717, 1.165) is 6.08 Å². The SMILES string of the molecule is NC1C=CC(C(F)(F)F)CC1. The average molecular weight is 165 g/mol. The van der Waals surface area contributed by atoms with Gasteiger partial charge in [0, 0.05) is 6.04 Å². The smallest absolute Gasteiger partial charge is 0.324 e. The maximum atomic E-state index is 12.0. The highest BCUT2D eigenvalue weighted by Crippen LogP contribution is 2.33. The van der Waals surface area contributed by atoms with Gasteiger partial charge in [-0.15, -0.1) is 0 Å². The fourth-order valence-corrected chi connectivity index (χ4v) is 1.11. The predicted molar refractivity (Wildman–Crippen MR) is 35.9 cm³/mol. The van der Waals surface area contributed by atoms with Gasteiger partial charge in [0.05, 0.1) is 5.92 Å². The summed E-state index contributed by atoms with van der Waals surface area (Å²) in [7, 11) is 0. The van der Waals surface area contributed by atoms with Crippen LogP contribution in [0.15, 0.2) is 12.2 Å². The summed E-state index contributed by atoms with van der Waals surface area (Å²) >= 11 is 0. The van der Waals surface area contributed by atoms with Crippen molar-refractivity contribution in [1.82, 2.24) is 0 Å². The average Bonchev–Trinajstić information content (AvgIpc) is 1.86. The number of hydrogen-bond acceptors (Lipinski definition) is 1. The van der Waals surface area contributed by atoms with Crippen LogP contribution in [0.2, 0.25) is 0 Å². The van der Waals surface area contributed by atoms with Crippen molar-refractivity contribution in [3.05, 3.63) is 12.2 Å². The molecule has 1 aliphatic carbocycles. The molecule has 0 aromatic rings. The Morgan fingerprint density at radius 1 is 1.18 bits per heavy atom. The first kappa shape index (κ1) is 8.59. The standard InChI is InChI=1S/C7H10F3N/c8-7(9,10)5-1-3-6(11)4-2-5/h1,3,5-6H,2,4,11H2. The van der Waals surface area contributed by atoms with Gasteiger partial charge in [-0.25, -0.2) is 0 Å². The summed E-state index contributed by atoms with van der Waals surface area (Å²) in [6, 6.07) is -0.186. The molecule has 64 valence electrons. The number of halogens is 3. The highest BCUT2D eigenvalue weighted by molar-refractivity contribution is 5.02. The quantitative estimate of drug-likeness (QED) is 0.544. The Bertz CT molecular complexity index is 162. The molecular formula is C7H10F3N. The van der Waals surface area contributed by atoms with E-state index in [-0.39, 0.29) is 12.5 Å². The molecule has 2 atom stereocenters. The minimum absolute atomic E-state index is 0.126. The summed E-state index contributed by atoms with van der Waals surface area (Å²) in [6.07, 6.45) is -0.936. The van der Waals surface area contributed by atoms with Crippen molar-refractivity contribution >= 4 is 0 Å². The zero-order valence-electron chi connectivity index (χ0n) is 5.93. The Balaban J connectivity index is 2.57. The van der Waals surface area contributed by atoms with E-state index in [4.69, 9.17) is 5.73 Å². The molecule has 0 aliphatic heterocycles. The van der Waals surface area contributed by atoms with Crippen LogP contribution in [0.1, 0.15) is 12.8 Å². The summed E-state index contributed by atoms with van der Waals surface area (Å²) in [6.45, 7) is 0. The van der Waals surface area contributed by atoms with E-state index in [1.54, 1.807) is 0 Å². The highest BCUT2D eigenvalue weighted by Gasteiger charge is 2.38. The lowest BCUT2D eigenvalue weighted by Gasteiger charge is -2.22. The predicted octanol–water partition coefficient (Wildman–Crippen LogP) is 1.84. The van der Waals surface area contributed by atoms with Crippen molar-refractivity contribution in [2.75, 3.05) is 0 Å². The molecule has 1 aliphatic rings. The third kappa shape index (κ3) is 2.22. The highest BCUT2D eigenvalue weighted by atomic mass is 19.4. The third-order valence-electron chi connectivity index (χ3n) is 1.82. The van der Waals surface area contributed by atoms with Gasteiger partial charge in [-0.1, -0.05) is 12.2 Å². The van der Waals surface area contributed by atoms with E-state index in [1.807, 2.05) is 0 Å². The maximum Gasteiger partial charge on any atom is 0.395 e. The second kappa shape index (κ2) is 2.85. The van der Waals surface area contributed by atoms with Crippen LogP contribution in [0.25, 0.3) is 0 Å². The second-order valence-electron chi connectivity index (χ2n) is 2.77. The molecule has 0 radical (unpaired) electrons. The van der Waals surface area contributed by atoms with Gasteiger partial charge in [-0.2, -0.15) is 13.2 Å². The monoisotopic (exact) mass is 165 g/mol. The van der Waals surface area contributed by atoms with E-state index < -0.39 is 12.1 Å². The van der Waals surface area contributed by atoms with Crippen molar-refractivity contribution in [3.63, 3.8) is 0 Å². The van der Waals surface area contributed by atoms with Gasteiger partial charge in [0.2, 0.25) is 0 Å². The summed E-state index contributed by atoms with van der Waals surface area (Å²) in [5.41, 5.74) is 5.39. The molecule has 2 N–H and O–H groups in total. The van der Waals surface area contributed by atoms with Crippen molar-refractivity contribution in [1.29, 1.82) is 0 Å². The fraction of sp³-hybridized carbons (Fsp3) is 0.714. The molecule has 0 fully saturated rings. The lowest BCUT2D eigenvalue weighted by Crippen LogP contribution is -2.29. The molecule has 4 heteroatoms. The summed E-state index contributed by atoms with van der Waals surface area (Å²) < 4.78 is 35.9. The number of rotatable bonds is 0. The molecule has 0 amide bonds. The molecule has 0 saturated heterocycles. The number of alkyl halides is 3. The van der Waals surface area contributed by atoms with Crippen molar-refractivity contribution in [2.45, 2.75) is 25.1 Å². The Morgan fingerprint density at radius 3 is 2.18 bits per heavy atom. The lowest BCUT2D eigenvalue weighted by molar-refractivity contribution is -0.163. The zero-order chi connectivity index (χ0) is 8.48. The molecule has 0 bridgehead atoms. The van der Waals surface area contributed by atoms with Crippen molar-refractivity contribution in [2.24, 2.45) is 11.7 Å². The van der Waals surface area contributed by atoms with Gasteiger partial charge in [0.25, 0.3) is 0 Å². The minimum Gasteiger partial charge on any atom is -0.324 e. The van der Waals surface area contributed by atoms with E-state index in [2.05, 4.69) is 0 Å². The van der Waals surface area contributed by atoms with Crippen LogP contribution < -0.4 is 5.73 Å². The Kier molecular flexibility index (Phi) is 2.23. The van der Waals surface area contributed by atoms with E-state index in [9.17, 15) is 13.2 Å². The molecule has 11 heavy (non-hydrogen) atoms. The van der Waals surface area contributed by atoms with Gasteiger partial charge in [0.15, 0.2) is 0 Å². The van der Waals surface area contributed by atoms with E-state index in [0.29, 0.717) is 6.42 Å². The zero-order valence-corrected chi connectivity index (χ0v) is 5.93. The Labute approximate surface area is 63.1 Å². The van der Waals surface area contributed by atoms with Gasteiger partial charge >= 0.3 is 6.18 Å². The number of hydrogen-bond donors (Lipinski definition) is 1. The first-order chi connectivity index (χ1) is 5.00. The summed E-state index contributed by atoms with van der Waals surface area (Å²) in [4.78, 5) is 0. The molecule has 1 rings (SSSR count). The number of nitrogens with two attached hydrogens (primary N) is 1. The first-order valence-electron chi connectivity index (χ1n) is 3.51. The van der Waals surface area contributed by atoms with Crippen LogP contribution in [-0.4, -0.2) is 12.2 Å². The van der Waals surface area contributed by atoms with Gasteiger partial charge in [-0.05, 0) is 12.8 Å². The Hall–Kier alpha value is -0.510. The lowest BCUT2D eigenvalue weighted by atomic mass is 9.93. The van der Waals surface area contributed by atoms with E-state index in [1.165, 1.54) is 6.08 Å². The fourth-order valence-electron chi connectivity index (χ4n) is 1.11. The topological polar surface area (TPSA) is 26.0 Å². The second-order valence-corrected chi connectivity index (χ2v) is 2.77. The van der Waals surface area contributed by atoms with Crippen molar-refractivity contribution in [3.8, 4) is 0 Å². The van der Waals surface area contributed by atoms with Gasteiger partial charge in [0.1, 0.15) is 0 Å². The van der Waals surface area contributed by atoms with Gasteiger partial charge < -0.3 is 5.73 Å². The largest absolute Gasteiger partial charge is 0.395 e. The normalized spacial score (nSPS) is 32.4. The van der Waals surface area contributed by atoms with Crippen LogP contribution in [0.5, 0.6) is 0 Å². The number of allylic oxidation sites excluding steroid dienone is 1. The molecule has 0 aromatic carbocycles. The van der Waals surface area contributed by atoms with E-state index >= 15 is 0 Å². The van der Waals surface area contributed by atoms with Crippen LogP contribution in [0.4, 0.5) is 13.2 Å². The molecule has 0 spiro atoms. The van der Waals surface area contributed by atoms with Crippen molar-refractivity contribution < 1.29 is 13.2 Å². The summed E-state index contributed by atoms with van der Waals surface area (Å²) in [5.74, 6) is -1.28. The first-order valence-corrected chi connectivity index (χ1v) is 3.51. The molecule has 2 unspecified atom stereocenters. The molecular weight excluding hydrogens is 155 g/mol. The Morgan fingerprint density at radius 2 is 1.82 bits per heavy atom. The van der Waals surface area contributed by atoms with Crippen LogP contribution >= 0.6 is 0 Å². The molecule has 1 nitrogen and oxygen atoms in total.